The molecule has 43 heavy (non-hydrogen) atoms. The number of carbonyl (C=O) groups excluding carboxylic acids is 2. The van der Waals surface area contributed by atoms with Crippen LogP contribution in [0.25, 0.3) is 11.4 Å². The third-order valence-electron chi connectivity index (χ3n) is 9.54. The molecule has 1 aromatic carbocycles. The average molecular weight is 585 g/mol. The molecule has 10 nitrogen and oxygen atoms in total. The molecule has 3 aromatic rings. The Balaban J connectivity index is 1.15. The van der Waals surface area contributed by atoms with Gasteiger partial charge in [0.2, 0.25) is 11.9 Å². The Bertz CT molecular complexity index is 1480. The van der Waals surface area contributed by atoms with E-state index >= 15 is 0 Å². The van der Waals surface area contributed by atoms with Gasteiger partial charge in [0.1, 0.15) is 0 Å². The molecule has 0 atom stereocenters. The van der Waals surface area contributed by atoms with Crippen LogP contribution < -0.4 is 10.6 Å². The number of carbonyl (C=O) groups is 2. The molecule has 3 aliphatic rings. The predicted octanol–water partition coefficient (Wildman–Crippen LogP) is 4.10. The molecule has 228 valence electrons. The number of anilines is 2. The fraction of sp³-hybridized carbons (Fsp3) is 0.545. The Morgan fingerprint density at radius 2 is 1.65 bits per heavy atom. The number of hydrogen-bond donors (Lipinski definition) is 2. The zero-order valence-electron chi connectivity index (χ0n) is 25.9. The molecule has 2 amide bonds. The fourth-order valence-electron chi connectivity index (χ4n) is 6.92. The van der Waals surface area contributed by atoms with Crippen LogP contribution in [0.15, 0.2) is 24.4 Å². The molecule has 2 fully saturated rings. The molecule has 4 heterocycles. The third kappa shape index (κ3) is 5.89. The number of para-hydroxylation sites is 1. The first-order valence-corrected chi connectivity index (χ1v) is 15.9. The molecule has 0 bridgehead atoms. The summed E-state index contributed by atoms with van der Waals surface area (Å²) in [6.45, 7) is 7.74. The van der Waals surface area contributed by atoms with E-state index in [-0.39, 0.29) is 17.9 Å². The highest BCUT2D eigenvalue weighted by Gasteiger charge is 2.32. The molecular weight excluding hydrogens is 540 g/mol. The number of benzene rings is 1. The number of rotatable bonds is 7. The normalized spacial score (nSPS) is 17.8. The lowest BCUT2D eigenvalue weighted by Gasteiger charge is -2.36. The number of nitrogens with zero attached hydrogens (tertiary/aromatic N) is 6. The lowest BCUT2D eigenvalue weighted by molar-refractivity contribution is -0.137. The van der Waals surface area contributed by atoms with E-state index in [1.54, 1.807) is 4.68 Å². The number of likely N-dealkylation sites (tertiary alicyclic amines) is 2. The van der Waals surface area contributed by atoms with Crippen LogP contribution in [0.1, 0.15) is 72.3 Å². The summed E-state index contributed by atoms with van der Waals surface area (Å²) in [7, 11) is 4.01. The Labute approximate surface area is 254 Å². The first-order chi connectivity index (χ1) is 20.9. The summed E-state index contributed by atoms with van der Waals surface area (Å²) in [6, 6.07) is 6.41. The Kier molecular flexibility index (Phi) is 8.47. The van der Waals surface area contributed by atoms with Gasteiger partial charge in [-0.15, -0.1) is 0 Å². The highest BCUT2D eigenvalue weighted by Crippen LogP contribution is 2.35. The lowest BCUT2D eigenvalue weighted by Crippen LogP contribution is -2.47. The van der Waals surface area contributed by atoms with Gasteiger partial charge < -0.3 is 20.4 Å². The molecule has 2 aliphatic heterocycles. The maximum absolute atomic E-state index is 13.6. The number of hydrogen-bond acceptors (Lipinski definition) is 7. The maximum atomic E-state index is 13.6. The van der Waals surface area contributed by atoms with Crippen molar-refractivity contribution in [2.45, 2.75) is 71.3 Å². The smallest absolute Gasteiger partial charge is 0.276 e. The SMILES string of the molecule is CCc1cccc(CC)c1NC(=O)c1nn(C)c2c1CCc1cnc(NC3CCN(C(=O)C4CCN(C)CC4)CC3)nc1-2. The summed E-state index contributed by atoms with van der Waals surface area (Å²) in [5.74, 6) is 0.900. The third-order valence-corrected chi connectivity index (χ3v) is 9.54. The summed E-state index contributed by atoms with van der Waals surface area (Å²) < 4.78 is 1.79. The zero-order chi connectivity index (χ0) is 30.1. The molecule has 1 aliphatic carbocycles. The average Bonchev–Trinajstić information content (AvgIpc) is 3.38. The second-order valence-electron chi connectivity index (χ2n) is 12.3. The number of aryl methyl sites for hydroxylation is 4. The van der Waals surface area contributed by atoms with E-state index in [0.29, 0.717) is 17.5 Å². The second-order valence-corrected chi connectivity index (χ2v) is 12.3. The van der Waals surface area contributed by atoms with Gasteiger partial charge in [0.15, 0.2) is 5.69 Å². The van der Waals surface area contributed by atoms with Crippen molar-refractivity contribution in [2.24, 2.45) is 13.0 Å². The Hall–Kier alpha value is -3.79. The molecule has 0 unspecified atom stereocenters. The molecule has 2 N–H and O–H groups in total. The highest BCUT2D eigenvalue weighted by atomic mass is 16.2. The molecule has 10 heteroatoms. The van der Waals surface area contributed by atoms with Crippen molar-refractivity contribution in [1.82, 2.24) is 29.5 Å². The molecule has 0 saturated carbocycles. The molecular formula is C33H44N8O2. The van der Waals surface area contributed by atoms with Crippen LogP contribution in [-0.2, 0) is 37.5 Å². The van der Waals surface area contributed by atoms with Crippen LogP contribution in [-0.4, -0.2) is 80.6 Å². The van der Waals surface area contributed by atoms with E-state index in [4.69, 9.17) is 10.1 Å². The van der Waals surface area contributed by atoms with E-state index in [1.165, 1.54) is 0 Å². The lowest BCUT2D eigenvalue weighted by atomic mass is 9.93. The Morgan fingerprint density at radius 1 is 0.953 bits per heavy atom. The Morgan fingerprint density at radius 3 is 2.33 bits per heavy atom. The monoisotopic (exact) mass is 584 g/mol. The van der Waals surface area contributed by atoms with E-state index in [2.05, 4.69) is 64.5 Å². The number of aromatic nitrogens is 4. The number of amides is 2. The van der Waals surface area contributed by atoms with Crippen molar-refractivity contribution in [3.63, 3.8) is 0 Å². The van der Waals surface area contributed by atoms with Crippen molar-refractivity contribution in [3.05, 3.63) is 52.3 Å². The summed E-state index contributed by atoms with van der Waals surface area (Å²) in [6.07, 6.45) is 8.74. The second kappa shape index (κ2) is 12.4. The van der Waals surface area contributed by atoms with Crippen LogP contribution in [0.3, 0.4) is 0 Å². The summed E-state index contributed by atoms with van der Waals surface area (Å²) in [5, 5.41) is 11.4. The van der Waals surface area contributed by atoms with Crippen molar-refractivity contribution in [3.8, 4) is 11.4 Å². The van der Waals surface area contributed by atoms with E-state index in [1.807, 2.05) is 13.2 Å². The van der Waals surface area contributed by atoms with Crippen LogP contribution in [0.2, 0.25) is 0 Å². The predicted molar refractivity (Wildman–Crippen MR) is 168 cm³/mol. The van der Waals surface area contributed by atoms with E-state index < -0.39 is 0 Å². The quantitative estimate of drug-likeness (QED) is 0.431. The van der Waals surface area contributed by atoms with Gasteiger partial charge in [-0.3, -0.25) is 14.3 Å². The van der Waals surface area contributed by atoms with Gasteiger partial charge in [-0.05, 0) is 88.2 Å². The number of piperidine rings is 2. The van der Waals surface area contributed by atoms with Gasteiger partial charge in [0, 0.05) is 49.5 Å². The van der Waals surface area contributed by atoms with Gasteiger partial charge in [-0.25, -0.2) is 9.97 Å². The zero-order valence-corrected chi connectivity index (χ0v) is 25.9. The van der Waals surface area contributed by atoms with E-state index in [0.717, 1.165) is 117 Å². The largest absolute Gasteiger partial charge is 0.351 e. The number of fused-ring (bicyclic) bond motifs is 3. The molecule has 2 saturated heterocycles. The molecule has 0 radical (unpaired) electrons. The van der Waals surface area contributed by atoms with Gasteiger partial charge in [-0.1, -0.05) is 32.0 Å². The van der Waals surface area contributed by atoms with Crippen molar-refractivity contribution in [1.29, 1.82) is 0 Å². The van der Waals surface area contributed by atoms with Gasteiger partial charge in [0.25, 0.3) is 5.91 Å². The molecule has 2 aromatic heterocycles. The maximum Gasteiger partial charge on any atom is 0.276 e. The number of nitrogens with one attached hydrogen (secondary N) is 2. The van der Waals surface area contributed by atoms with E-state index in [9.17, 15) is 9.59 Å². The van der Waals surface area contributed by atoms with Crippen LogP contribution in [0, 0.1) is 5.92 Å². The van der Waals surface area contributed by atoms with Crippen molar-refractivity contribution >= 4 is 23.5 Å². The van der Waals surface area contributed by atoms with Crippen molar-refractivity contribution < 1.29 is 9.59 Å². The first-order valence-electron chi connectivity index (χ1n) is 15.9. The highest BCUT2D eigenvalue weighted by molar-refractivity contribution is 6.06. The summed E-state index contributed by atoms with van der Waals surface area (Å²) >= 11 is 0. The van der Waals surface area contributed by atoms with Crippen LogP contribution in [0.5, 0.6) is 0 Å². The van der Waals surface area contributed by atoms with Crippen LogP contribution in [0.4, 0.5) is 11.6 Å². The van der Waals surface area contributed by atoms with Gasteiger partial charge in [-0.2, -0.15) is 5.10 Å². The molecule has 6 rings (SSSR count). The van der Waals surface area contributed by atoms with Crippen LogP contribution >= 0.6 is 0 Å². The standard InChI is InChI=1S/C33H44N8O2/c1-5-21-8-7-9-22(6-2)27(21)36-31(42)29-26-11-10-24-20-34-33(37-28(24)30(26)40(4)38-29)35-25-14-18-41(19-15-25)32(43)23-12-16-39(3)17-13-23/h7-9,20,23,25H,5-6,10-19H2,1-4H3,(H,36,42)(H,34,35,37). The minimum atomic E-state index is -0.176. The minimum Gasteiger partial charge on any atom is -0.351 e. The topological polar surface area (TPSA) is 108 Å². The van der Waals surface area contributed by atoms with Gasteiger partial charge >= 0.3 is 0 Å². The van der Waals surface area contributed by atoms with Crippen molar-refractivity contribution in [2.75, 3.05) is 43.9 Å². The molecule has 0 spiro atoms. The fourth-order valence-corrected chi connectivity index (χ4v) is 6.92. The minimum absolute atomic E-state index is 0.167. The summed E-state index contributed by atoms with van der Waals surface area (Å²) in [4.78, 5) is 40.6. The summed E-state index contributed by atoms with van der Waals surface area (Å²) in [5.41, 5.74) is 7.35. The first kappa shape index (κ1) is 29.3. The van der Waals surface area contributed by atoms with Gasteiger partial charge in [0.05, 0.1) is 11.4 Å².